The van der Waals surface area contributed by atoms with Crippen LogP contribution in [0.1, 0.15) is 10.4 Å². The number of carbonyl (C=O) groups excluding carboxylic acids is 1. The Morgan fingerprint density at radius 1 is 0.917 bits per heavy atom. The molecule has 1 heterocycles. The fraction of sp³-hybridized carbons (Fsp3) is 0. The highest BCUT2D eigenvalue weighted by molar-refractivity contribution is 9.10. The highest BCUT2D eigenvalue weighted by Gasteiger charge is 2.07. The lowest BCUT2D eigenvalue weighted by molar-refractivity contribution is 0.102. The molecule has 0 atom stereocenters. The highest BCUT2D eigenvalue weighted by atomic mass is 79.9. The maximum absolute atomic E-state index is 12.9. The molecule has 0 aliphatic carbocycles. The Labute approximate surface area is 146 Å². The first-order valence-electron chi connectivity index (χ1n) is 7.16. The van der Waals surface area contributed by atoms with Gasteiger partial charge in [0.15, 0.2) is 0 Å². The lowest BCUT2D eigenvalue weighted by Gasteiger charge is -2.08. The molecule has 0 fully saturated rings. The molecule has 0 aliphatic rings. The minimum absolute atomic E-state index is 0.302. The van der Waals surface area contributed by atoms with Crippen molar-refractivity contribution >= 4 is 39.0 Å². The summed E-state index contributed by atoms with van der Waals surface area (Å²) in [6.07, 6.45) is 1.49. The zero-order chi connectivity index (χ0) is 16.9. The van der Waals surface area contributed by atoms with Gasteiger partial charge in [0.1, 0.15) is 11.6 Å². The van der Waals surface area contributed by atoms with E-state index in [0.29, 0.717) is 17.1 Å². The molecule has 0 aliphatic heterocycles. The third-order valence-corrected chi connectivity index (χ3v) is 3.77. The van der Waals surface area contributed by atoms with Crippen molar-refractivity contribution in [1.29, 1.82) is 0 Å². The van der Waals surface area contributed by atoms with E-state index in [1.54, 1.807) is 12.1 Å². The van der Waals surface area contributed by atoms with Gasteiger partial charge < -0.3 is 10.6 Å². The number of halogens is 2. The van der Waals surface area contributed by atoms with Gasteiger partial charge in [0.05, 0.1) is 5.56 Å². The van der Waals surface area contributed by atoms with E-state index < -0.39 is 0 Å². The summed E-state index contributed by atoms with van der Waals surface area (Å²) in [5.41, 5.74) is 1.84. The maximum Gasteiger partial charge on any atom is 0.257 e. The molecule has 1 aromatic heterocycles. The molecular weight excluding hydrogens is 373 g/mol. The molecule has 0 spiro atoms. The average molecular weight is 386 g/mol. The first-order chi connectivity index (χ1) is 11.6. The molecular formula is C18H13BrFN3O. The van der Waals surface area contributed by atoms with E-state index in [1.807, 2.05) is 24.3 Å². The number of hydrogen-bond donors (Lipinski definition) is 2. The molecule has 0 saturated heterocycles. The van der Waals surface area contributed by atoms with Crippen LogP contribution in [0.3, 0.4) is 0 Å². The molecule has 120 valence electrons. The lowest BCUT2D eigenvalue weighted by Crippen LogP contribution is -2.12. The van der Waals surface area contributed by atoms with Crippen molar-refractivity contribution in [3.63, 3.8) is 0 Å². The number of nitrogens with one attached hydrogen (secondary N) is 2. The van der Waals surface area contributed by atoms with Gasteiger partial charge in [-0.05, 0) is 60.7 Å². The Kier molecular flexibility index (Phi) is 4.86. The number of aromatic nitrogens is 1. The van der Waals surface area contributed by atoms with E-state index in [0.717, 1.165) is 10.2 Å². The number of pyridine rings is 1. The van der Waals surface area contributed by atoms with Gasteiger partial charge in [-0.3, -0.25) is 4.79 Å². The third-order valence-electron chi connectivity index (χ3n) is 3.24. The highest BCUT2D eigenvalue weighted by Crippen LogP contribution is 2.18. The van der Waals surface area contributed by atoms with Gasteiger partial charge in [0, 0.05) is 22.0 Å². The van der Waals surface area contributed by atoms with E-state index in [9.17, 15) is 9.18 Å². The lowest BCUT2D eigenvalue weighted by atomic mass is 10.2. The zero-order valence-electron chi connectivity index (χ0n) is 12.5. The summed E-state index contributed by atoms with van der Waals surface area (Å²) in [4.78, 5) is 16.4. The minimum atomic E-state index is -0.349. The van der Waals surface area contributed by atoms with Gasteiger partial charge >= 0.3 is 0 Å². The number of carbonyl (C=O) groups is 1. The number of nitrogens with zero attached hydrogens (tertiary/aromatic N) is 1. The van der Waals surface area contributed by atoms with Crippen LogP contribution in [0.2, 0.25) is 0 Å². The standard InChI is InChI=1S/C18H13BrFN3O/c19-13-2-6-15(7-3-13)22-17-10-1-12(11-21-17)18(24)23-16-8-4-14(20)5-9-16/h1-11H,(H,21,22)(H,23,24). The Morgan fingerprint density at radius 3 is 2.21 bits per heavy atom. The van der Waals surface area contributed by atoms with Crippen LogP contribution >= 0.6 is 15.9 Å². The van der Waals surface area contributed by atoms with Crippen LogP contribution in [0.25, 0.3) is 0 Å². The van der Waals surface area contributed by atoms with Crippen LogP contribution in [0.4, 0.5) is 21.6 Å². The van der Waals surface area contributed by atoms with Gasteiger partial charge in [-0.1, -0.05) is 15.9 Å². The summed E-state index contributed by atoms with van der Waals surface area (Å²) < 4.78 is 13.9. The quantitative estimate of drug-likeness (QED) is 0.665. The molecule has 1 amide bonds. The summed E-state index contributed by atoms with van der Waals surface area (Å²) in [5.74, 6) is -0.0158. The number of rotatable bonds is 4. The van der Waals surface area contributed by atoms with E-state index in [4.69, 9.17) is 0 Å². The fourth-order valence-electron chi connectivity index (χ4n) is 2.02. The van der Waals surface area contributed by atoms with E-state index >= 15 is 0 Å². The smallest absolute Gasteiger partial charge is 0.257 e. The van der Waals surface area contributed by atoms with Gasteiger partial charge in [-0.25, -0.2) is 9.37 Å². The molecule has 0 saturated carbocycles. The van der Waals surface area contributed by atoms with Gasteiger partial charge in [-0.2, -0.15) is 0 Å². The second-order valence-electron chi connectivity index (χ2n) is 5.03. The summed E-state index contributed by atoms with van der Waals surface area (Å²) in [5, 5.41) is 5.84. The summed E-state index contributed by atoms with van der Waals surface area (Å²) >= 11 is 3.38. The molecule has 3 rings (SSSR count). The van der Waals surface area contributed by atoms with Crippen LogP contribution in [0, 0.1) is 5.82 Å². The second kappa shape index (κ2) is 7.23. The molecule has 3 aromatic rings. The van der Waals surface area contributed by atoms with Crippen LogP contribution in [-0.2, 0) is 0 Å². The second-order valence-corrected chi connectivity index (χ2v) is 5.94. The molecule has 0 radical (unpaired) electrons. The Morgan fingerprint density at radius 2 is 1.58 bits per heavy atom. The topological polar surface area (TPSA) is 54.0 Å². The summed E-state index contributed by atoms with van der Waals surface area (Å²) in [7, 11) is 0. The van der Waals surface area contributed by atoms with Crippen molar-refractivity contribution in [2.75, 3.05) is 10.6 Å². The van der Waals surface area contributed by atoms with Crippen LogP contribution in [0.5, 0.6) is 0 Å². The largest absolute Gasteiger partial charge is 0.340 e. The van der Waals surface area contributed by atoms with E-state index in [2.05, 4.69) is 31.5 Å². The van der Waals surface area contributed by atoms with Gasteiger partial charge in [0.25, 0.3) is 5.91 Å². The van der Waals surface area contributed by atoms with Gasteiger partial charge in [-0.15, -0.1) is 0 Å². The predicted octanol–water partition coefficient (Wildman–Crippen LogP) is 4.98. The monoisotopic (exact) mass is 385 g/mol. The SMILES string of the molecule is O=C(Nc1ccc(F)cc1)c1ccc(Nc2ccc(Br)cc2)nc1. The molecule has 24 heavy (non-hydrogen) atoms. The predicted molar refractivity (Wildman–Crippen MR) is 96.0 cm³/mol. The van der Waals surface area contributed by atoms with E-state index in [-0.39, 0.29) is 11.7 Å². The van der Waals surface area contributed by atoms with E-state index in [1.165, 1.54) is 30.5 Å². The van der Waals surface area contributed by atoms with Crippen LogP contribution in [-0.4, -0.2) is 10.9 Å². The third kappa shape index (κ3) is 4.17. The Hall–Kier alpha value is -2.73. The molecule has 0 unspecified atom stereocenters. The van der Waals surface area contributed by atoms with Crippen molar-refractivity contribution < 1.29 is 9.18 Å². The van der Waals surface area contributed by atoms with Gasteiger partial charge in [0.2, 0.25) is 0 Å². The number of hydrogen-bond acceptors (Lipinski definition) is 3. The van der Waals surface area contributed by atoms with Crippen molar-refractivity contribution in [2.24, 2.45) is 0 Å². The van der Waals surface area contributed by atoms with Crippen LogP contribution in [0.15, 0.2) is 71.3 Å². The van der Waals surface area contributed by atoms with Crippen molar-refractivity contribution in [3.05, 3.63) is 82.7 Å². The maximum atomic E-state index is 12.9. The Bertz CT molecular complexity index is 834. The molecule has 4 nitrogen and oxygen atoms in total. The normalized spacial score (nSPS) is 10.2. The minimum Gasteiger partial charge on any atom is -0.340 e. The summed E-state index contributed by atoms with van der Waals surface area (Å²) in [6, 6.07) is 16.7. The van der Waals surface area contributed by atoms with Crippen molar-refractivity contribution in [2.45, 2.75) is 0 Å². The number of benzene rings is 2. The molecule has 2 aromatic carbocycles. The fourth-order valence-corrected chi connectivity index (χ4v) is 2.28. The first kappa shape index (κ1) is 16.1. The Balaban J connectivity index is 1.66. The summed E-state index contributed by atoms with van der Waals surface area (Å²) in [6.45, 7) is 0. The molecule has 6 heteroatoms. The molecule has 2 N–H and O–H groups in total. The first-order valence-corrected chi connectivity index (χ1v) is 7.95. The number of anilines is 3. The number of amides is 1. The zero-order valence-corrected chi connectivity index (χ0v) is 14.0. The van der Waals surface area contributed by atoms with Crippen molar-refractivity contribution in [3.8, 4) is 0 Å². The van der Waals surface area contributed by atoms with Crippen molar-refractivity contribution in [1.82, 2.24) is 4.98 Å². The average Bonchev–Trinajstić information content (AvgIpc) is 2.59. The van der Waals surface area contributed by atoms with Crippen LogP contribution < -0.4 is 10.6 Å². The molecule has 0 bridgehead atoms.